The molecule has 0 radical (unpaired) electrons. The van der Waals surface area contributed by atoms with Gasteiger partial charge in [0.1, 0.15) is 5.82 Å². The molecule has 0 aliphatic heterocycles. The lowest BCUT2D eigenvalue weighted by atomic mass is 10.1. The van der Waals surface area contributed by atoms with Crippen molar-refractivity contribution in [2.24, 2.45) is 5.16 Å². The molecule has 1 rings (SSSR count). The third-order valence-electron chi connectivity index (χ3n) is 1.42. The summed E-state index contributed by atoms with van der Waals surface area (Å²) in [5.41, 5.74) is -0.364. The number of nitrogens with zero attached hydrogens (tertiary/aromatic N) is 1. The molecule has 4 nitrogen and oxygen atoms in total. The van der Waals surface area contributed by atoms with Gasteiger partial charge in [-0.25, -0.2) is 9.18 Å². The first-order valence-corrected chi connectivity index (χ1v) is 3.36. The van der Waals surface area contributed by atoms with Crippen LogP contribution in [0.5, 0.6) is 0 Å². The Kier molecular flexibility index (Phi) is 2.59. The second-order valence-corrected chi connectivity index (χ2v) is 2.26. The van der Waals surface area contributed by atoms with Gasteiger partial charge >= 0.3 is 5.97 Å². The van der Waals surface area contributed by atoms with Crippen LogP contribution >= 0.6 is 0 Å². The van der Waals surface area contributed by atoms with Crippen molar-refractivity contribution in [1.82, 2.24) is 0 Å². The molecule has 0 bridgehead atoms. The Morgan fingerprint density at radius 2 is 1.85 bits per heavy atom. The van der Waals surface area contributed by atoms with Crippen LogP contribution in [0.15, 0.2) is 29.4 Å². The highest BCUT2D eigenvalue weighted by molar-refractivity contribution is 6.42. The third-order valence-corrected chi connectivity index (χ3v) is 1.42. The van der Waals surface area contributed by atoms with Gasteiger partial charge in [-0.1, -0.05) is 5.16 Å². The SMILES string of the molecule is O=C(O)/C(=N\O)c1ccc(F)cc1. The minimum absolute atomic E-state index is 0.149. The van der Waals surface area contributed by atoms with Crippen LogP contribution in [0.25, 0.3) is 0 Å². The molecule has 1 aromatic carbocycles. The van der Waals surface area contributed by atoms with Crippen LogP contribution in [-0.2, 0) is 4.79 Å². The highest BCUT2D eigenvalue weighted by Gasteiger charge is 2.12. The zero-order valence-electron chi connectivity index (χ0n) is 6.44. The highest BCUT2D eigenvalue weighted by atomic mass is 19.1. The number of aliphatic carboxylic acids is 1. The average molecular weight is 183 g/mol. The summed E-state index contributed by atoms with van der Waals surface area (Å²) < 4.78 is 12.4. The second kappa shape index (κ2) is 3.66. The van der Waals surface area contributed by atoms with Crippen molar-refractivity contribution in [1.29, 1.82) is 0 Å². The maximum atomic E-state index is 12.4. The van der Waals surface area contributed by atoms with Crippen LogP contribution in [0, 0.1) is 5.82 Å². The van der Waals surface area contributed by atoms with E-state index in [9.17, 15) is 9.18 Å². The zero-order valence-corrected chi connectivity index (χ0v) is 6.44. The van der Waals surface area contributed by atoms with Gasteiger partial charge in [0.05, 0.1) is 0 Å². The zero-order chi connectivity index (χ0) is 9.84. The van der Waals surface area contributed by atoms with Crippen molar-refractivity contribution >= 4 is 11.7 Å². The average Bonchev–Trinajstić information content (AvgIpc) is 2.09. The van der Waals surface area contributed by atoms with E-state index >= 15 is 0 Å². The molecule has 0 unspecified atom stereocenters. The van der Waals surface area contributed by atoms with Crippen molar-refractivity contribution in [3.05, 3.63) is 35.6 Å². The monoisotopic (exact) mass is 183 g/mol. The quantitative estimate of drug-likeness (QED) is 0.409. The maximum absolute atomic E-state index is 12.4. The summed E-state index contributed by atoms with van der Waals surface area (Å²) in [7, 11) is 0. The Labute approximate surface area is 72.9 Å². The van der Waals surface area contributed by atoms with Gasteiger partial charge in [-0.05, 0) is 24.3 Å². The molecule has 0 heterocycles. The molecule has 13 heavy (non-hydrogen) atoms. The van der Waals surface area contributed by atoms with Gasteiger partial charge in [0.15, 0.2) is 5.71 Å². The lowest BCUT2D eigenvalue weighted by molar-refractivity contribution is -0.129. The summed E-state index contributed by atoms with van der Waals surface area (Å²) in [4.78, 5) is 10.4. The molecular formula is C8H6FNO3. The molecule has 0 aliphatic carbocycles. The smallest absolute Gasteiger partial charge is 0.358 e. The first-order chi connectivity index (χ1) is 6.15. The molecule has 0 amide bonds. The number of hydrogen-bond acceptors (Lipinski definition) is 3. The summed E-state index contributed by atoms with van der Waals surface area (Å²) in [5.74, 6) is -1.85. The molecule has 68 valence electrons. The minimum Gasteiger partial charge on any atom is -0.476 e. The Hall–Kier alpha value is -1.91. The predicted octanol–water partition coefficient (Wildman–Crippen LogP) is 1.09. The molecule has 0 atom stereocenters. The lowest BCUT2D eigenvalue weighted by Gasteiger charge is -1.97. The fourth-order valence-electron chi connectivity index (χ4n) is 0.832. The molecule has 0 fully saturated rings. The number of oxime groups is 1. The number of halogens is 1. The molecule has 1 aromatic rings. The molecule has 0 aromatic heterocycles. The molecule has 2 N–H and O–H groups in total. The summed E-state index contributed by atoms with van der Waals surface area (Å²) >= 11 is 0. The Morgan fingerprint density at radius 3 is 2.23 bits per heavy atom. The van der Waals surface area contributed by atoms with E-state index < -0.39 is 17.5 Å². The minimum atomic E-state index is -1.37. The standard InChI is InChI=1S/C8H6FNO3/c9-6-3-1-5(2-4-6)7(10-13)8(11)12/h1-4,13H,(H,11,12)/b10-7-. The molecule has 0 spiro atoms. The number of benzene rings is 1. The van der Waals surface area contributed by atoms with Crippen molar-refractivity contribution in [2.75, 3.05) is 0 Å². The van der Waals surface area contributed by atoms with Crippen molar-refractivity contribution in [3.63, 3.8) is 0 Å². The summed E-state index contributed by atoms with van der Waals surface area (Å²) in [6.45, 7) is 0. The van der Waals surface area contributed by atoms with Gasteiger partial charge in [-0.2, -0.15) is 0 Å². The molecule has 0 aliphatic rings. The molecule has 5 heteroatoms. The van der Waals surface area contributed by atoms with E-state index in [2.05, 4.69) is 5.16 Å². The van der Waals surface area contributed by atoms with Crippen LogP contribution in [-0.4, -0.2) is 22.0 Å². The van der Waals surface area contributed by atoms with E-state index in [1.807, 2.05) is 0 Å². The molecule has 0 saturated carbocycles. The number of carboxylic acids is 1. The van der Waals surface area contributed by atoms with Gasteiger partial charge in [0.25, 0.3) is 0 Å². The van der Waals surface area contributed by atoms with Crippen molar-refractivity contribution in [3.8, 4) is 0 Å². The fraction of sp³-hybridized carbons (Fsp3) is 0. The van der Waals surface area contributed by atoms with Crippen molar-refractivity contribution in [2.45, 2.75) is 0 Å². The van der Waals surface area contributed by atoms with Gasteiger partial charge in [-0.15, -0.1) is 0 Å². The highest BCUT2D eigenvalue weighted by Crippen LogP contribution is 2.04. The van der Waals surface area contributed by atoms with E-state index in [4.69, 9.17) is 10.3 Å². The van der Waals surface area contributed by atoms with Crippen LogP contribution in [0.1, 0.15) is 5.56 Å². The number of carbonyl (C=O) groups is 1. The van der Waals surface area contributed by atoms with E-state index in [1.165, 1.54) is 12.1 Å². The van der Waals surface area contributed by atoms with E-state index in [0.29, 0.717) is 0 Å². The van der Waals surface area contributed by atoms with Gasteiger partial charge in [0, 0.05) is 5.56 Å². The van der Waals surface area contributed by atoms with Crippen molar-refractivity contribution < 1.29 is 19.5 Å². The normalized spacial score (nSPS) is 11.3. The van der Waals surface area contributed by atoms with Crippen LogP contribution < -0.4 is 0 Å². The summed E-state index contributed by atoms with van der Waals surface area (Å²) in [5, 5.41) is 19.4. The first kappa shape index (κ1) is 9.18. The first-order valence-electron chi connectivity index (χ1n) is 3.36. The van der Waals surface area contributed by atoms with Gasteiger partial charge in [0.2, 0.25) is 0 Å². The Bertz CT molecular complexity index is 345. The Balaban J connectivity index is 3.07. The Morgan fingerprint density at radius 1 is 1.31 bits per heavy atom. The van der Waals surface area contributed by atoms with Gasteiger partial charge < -0.3 is 10.3 Å². The fourth-order valence-corrected chi connectivity index (χ4v) is 0.832. The topological polar surface area (TPSA) is 69.9 Å². The van der Waals surface area contributed by atoms with E-state index in [0.717, 1.165) is 12.1 Å². The molecular weight excluding hydrogens is 177 g/mol. The summed E-state index contributed by atoms with van der Waals surface area (Å²) in [6.07, 6.45) is 0. The third kappa shape index (κ3) is 2.02. The van der Waals surface area contributed by atoms with Crippen LogP contribution in [0.3, 0.4) is 0 Å². The number of hydrogen-bond donors (Lipinski definition) is 2. The lowest BCUT2D eigenvalue weighted by Crippen LogP contribution is -2.14. The number of carboxylic acid groups (broad SMARTS) is 1. The summed E-state index contributed by atoms with van der Waals surface area (Å²) in [6, 6.07) is 4.62. The maximum Gasteiger partial charge on any atom is 0.358 e. The van der Waals surface area contributed by atoms with Gasteiger partial charge in [-0.3, -0.25) is 0 Å². The van der Waals surface area contributed by atoms with Crippen LogP contribution in [0.2, 0.25) is 0 Å². The van der Waals surface area contributed by atoms with Crippen LogP contribution in [0.4, 0.5) is 4.39 Å². The van der Waals surface area contributed by atoms with E-state index in [-0.39, 0.29) is 5.56 Å². The van der Waals surface area contributed by atoms with E-state index in [1.54, 1.807) is 0 Å². The largest absolute Gasteiger partial charge is 0.476 e. The molecule has 0 saturated heterocycles. The second-order valence-electron chi connectivity index (χ2n) is 2.26. The number of rotatable bonds is 2. The predicted molar refractivity (Wildman–Crippen MR) is 42.4 cm³/mol.